The first kappa shape index (κ1) is 21.8. The van der Waals surface area contributed by atoms with Crippen molar-refractivity contribution in [1.29, 1.82) is 0 Å². The van der Waals surface area contributed by atoms with Crippen LogP contribution in [0.15, 0.2) is 72.8 Å². The summed E-state index contributed by atoms with van der Waals surface area (Å²) in [5.74, 6) is -2.37. The topological polar surface area (TPSA) is 78.9 Å². The van der Waals surface area contributed by atoms with E-state index in [-0.39, 0.29) is 16.7 Å². The van der Waals surface area contributed by atoms with Gasteiger partial charge >= 0.3 is 25.2 Å². The predicted octanol–water partition coefficient (Wildman–Crippen LogP) is 4.47. The Morgan fingerprint density at radius 1 is 0.548 bits per heavy atom. The first-order valence-corrected chi connectivity index (χ1v) is 9.65. The van der Waals surface area contributed by atoms with Crippen LogP contribution in [0.3, 0.4) is 0 Å². The van der Waals surface area contributed by atoms with Crippen molar-refractivity contribution in [3.05, 3.63) is 106 Å². The second-order valence-corrected chi connectivity index (χ2v) is 7.11. The van der Waals surface area contributed by atoms with E-state index in [1.165, 1.54) is 0 Å². The van der Waals surface area contributed by atoms with Gasteiger partial charge in [0.1, 0.15) is 0 Å². The van der Waals surface area contributed by atoms with Crippen molar-refractivity contribution in [3.8, 4) is 0 Å². The summed E-state index contributed by atoms with van der Waals surface area (Å²) < 4.78 is 15.6. The molecule has 0 bridgehead atoms. The quantitative estimate of drug-likeness (QED) is 0.552. The highest BCUT2D eigenvalue weighted by Crippen LogP contribution is 2.13. The highest BCUT2D eigenvalue weighted by atomic mass is 16.8. The van der Waals surface area contributed by atoms with Gasteiger partial charge in [0.2, 0.25) is 0 Å². The second-order valence-electron chi connectivity index (χ2n) is 7.11. The van der Waals surface area contributed by atoms with Gasteiger partial charge in [-0.1, -0.05) is 53.1 Å². The molecule has 31 heavy (non-hydrogen) atoms. The minimum Gasteiger partial charge on any atom is -0.458 e. The standard InChI is InChI=1S/C24H21BO6/c1-16-7-4-10-19(13-16)22(26)29-25(30-23(27)20-11-5-8-17(2)14-20)31-24(28)21-12-6-9-18(3)15-21/h4-15H,1-3H3. The van der Waals surface area contributed by atoms with E-state index in [0.717, 1.165) is 16.7 Å². The van der Waals surface area contributed by atoms with Gasteiger partial charge in [-0.25, -0.2) is 14.4 Å². The molecule has 0 radical (unpaired) electrons. The maximum absolute atomic E-state index is 12.5. The summed E-state index contributed by atoms with van der Waals surface area (Å²) in [5.41, 5.74) is 3.26. The smallest absolute Gasteiger partial charge is 0.458 e. The van der Waals surface area contributed by atoms with Gasteiger partial charge in [0.05, 0.1) is 16.7 Å². The molecule has 0 saturated heterocycles. The lowest BCUT2D eigenvalue weighted by Gasteiger charge is -2.14. The summed E-state index contributed by atoms with van der Waals surface area (Å²) in [6, 6.07) is 20.1. The summed E-state index contributed by atoms with van der Waals surface area (Å²) in [6.45, 7) is 5.47. The van der Waals surface area contributed by atoms with Gasteiger partial charge in [0.15, 0.2) is 0 Å². The molecular formula is C24H21BO6. The van der Waals surface area contributed by atoms with Crippen molar-refractivity contribution in [2.75, 3.05) is 0 Å². The Hall–Kier alpha value is -3.87. The maximum atomic E-state index is 12.5. The van der Waals surface area contributed by atoms with E-state index in [1.807, 2.05) is 39.0 Å². The van der Waals surface area contributed by atoms with E-state index in [4.69, 9.17) is 14.0 Å². The number of benzene rings is 3. The molecule has 0 fully saturated rings. The van der Waals surface area contributed by atoms with Crippen LogP contribution in [-0.2, 0) is 14.0 Å². The van der Waals surface area contributed by atoms with Crippen LogP contribution in [-0.4, -0.2) is 25.2 Å². The van der Waals surface area contributed by atoms with Crippen LogP contribution in [0.1, 0.15) is 47.8 Å². The molecule has 7 heteroatoms. The van der Waals surface area contributed by atoms with Crippen LogP contribution in [0.2, 0.25) is 0 Å². The van der Waals surface area contributed by atoms with Crippen LogP contribution < -0.4 is 0 Å². The number of carbonyl (C=O) groups is 3. The minimum absolute atomic E-state index is 0.239. The van der Waals surface area contributed by atoms with Gasteiger partial charge in [0, 0.05) is 0 Å². The third kappa shape index (κ3) is 6.06. The molecule has 0 N–H and O–H groups in total. The van der Waals surface area contributed by atoms with Crippen molar-refractivity contribution in [2.45, 2.75) is 20.8 Å². The number of aryl methyl sites for hydroxylation is 3. The van der Waals surface area contributed by atoms with E-state index in [9.17, 15) is 14.4 Å². The van der Waals surface area contributed by atoms with Crippen molar-refractivity contribution in [2.24, 2.45) is 0 Å². The molecule has 0 aliphatic rings. The molecule has 3 aromatic carbocycles. The Labute approximate surface area is 180 Å². The molecule has 3 aromatic rings. The zero-order chi connectivity index (χ0) is 22.4. The Morgan fingerprint density at radius 2 is 0.839 bits per heavy atom. The van der Waals surface area contributed by atoms with E-state index in [0.29, 0.717) is 0 Å². The van der Waals surface area contributed by atoms with E-state index >= 15 is 0 Å². The molecule has 0 aromatic heterocycles. The third-order valence-electron chi connectivity index (χ3n) is 4.37. The SMILES string of the molecule is Cc1cccc(C(=O)OB(OC(=O)c2cccc(C)c2)OC(=O)c2cccc(C)c2)c1. The molecule has 0 saturated carbocycles. The van der Waals surface area contributed by atoms with Gasteiger partial charge in [0.25, 0.3) is 0 Å². The largest absolute Gasteiger partial charge is 0.870 e. The molecule has 0 amide bonds. The molecule has 3 rings (SSSR count). The summed E-state index contributed by atoms with van der Waals surface area (Å²) >= 11 is 0. The number of carbonyl (C=O) groups excluding carboxylic acids is 3. The lowest BCUT2D eigenvalue weighted by Crippen LogP contribution is -2.35. The molecule has 156 valence electrons. The van der Waals surface area contributed by atoms with E-state index in [1.54, 1.807) is 54.6 Å². The fraction of sp³-hybridized carbons (Fsp3) is 0.125. The summed E-state index contributed by atoms with van der Waals surface area (Å²) in [5, 5.41) is 0. The highest BCUT2D eigenvalue weighted by Gasteiger charge is 2.37. The van der Waals surface area contributed by atoms with Gasteiger partial charge < -0.3 is 14.0 Å². The maximum Gasteiger partial charge on any atom is 0.870 e. The average Bonchev–Trinajstić information content (AvgIpc) is 2.73. The molecule has 0 heterocycles. The Morgan fingerprint density at radius 3 is 1.10 bits per heavy atom. The van der Waals surface area contributed by atoms with E-state index in [2.05, 4.69) is 0 Å². The zero-order valence-electron chi connectivity index (χ0n) is 17.5. The summed E-state index contributed by atoms with van der Waals surface area (Å²) in [7, 11) is -1.85. The summed E-state index contributed by atoms with van der Waals surface area (Å²) in [6.07, 6.45) is 0. The molecule has 6 nitrogen and oxygen atoms in total. The van der Waals surface area contributed by atoms with Crippen molar-refractivity contribution in [1.82, 2.24) is 0 Å². The Balaban J connectivity index is 1.81. The number of hydrogen-bond donors (Lipinski definition) is 0. The van der Waals surface area contributed by atoms with E-state index < -0.39 is 25.2 Å². The summed E-state index contributed by atoms with van der Waals surface area (Å²) in [4.78, 5) is 37.6. The van der Waals surface area contributed by atoms with Crippen molar-refractivity contribution in [3.63, 3.8) is 0 Å². The van der Waals surface area contributed by atoms with Gasteiger partial charge in [-0.3, -0.25) is 0 Å². The number of hydrogen-bond acceptors (Lipinski definition) is 6. The number of rotatable bonds is 6. The molecule has 0 spiro atoms. The van der Waals surface area contributed by atoms with Crippen LogP contribution in [0.25, 0.3) is 0 Å². The van der Waals surface area contributed by atoms with Gasteiger partial charge in [-0.2, -0.15) is 0 Å². The Bertz CT molecular complexity index is 983. The van der Waals surface area contributed by atoms with Crippen molar-refractivity contribution < 1.29 is 28.3 Å². The van der Waals surface area contributed by atoms with Crippen LogP contribution in [0, 0.1) is 20.8 Å². The lowest BCUT2D eigenvalue weighted by atomic mass is 10.1. The van der Waals surface area contributed by atoms with Crippen LogP contribution in [0.4, 0.5) is 0 Å². The molecular weight excluding hydrogens is 395 g/mol. The van der Waals surface area contributed by atoms with Crippen LogP contribution >= 0.6 is 0 Å². The molecule has 0 aliphatic heterocycles. The molecule has 0 unspecified atom stereocenters. The van der Waals surface area contributed by atoms with Crippen molar-refractivity contribution >= 4 is 25.2 Å². The predicted molar refractivity (Wildman–Crippen MR) is 116 cm³/mol. The average molecular weight is 416 g/mol. The van der Waals surface area contributed by atoms with Crippen LogP contribution in [0.5, 0.6) is 0 Å². The highest BCUT2D eigenvalue weighted by molar-refractivity contribution is 6.45. The lowest BCUT2D eigenvalue weighted by molar-refractivity contribution is 0.0410. The first-order chi connectivity index (χ1) is 14.8. The molecule has 0 atom stereocenters. The first-order valence-electron chi connectivity index (χ1n) is 9.65. The zero-order valence-corrected chi connectivity index (χ0v) is 17.5. The van der Waals surface area contributed by atoms with Gasteiger partial charge in [-0.15, -0.1) is 0 Å². The second kappa shape index (κ2) is 9.76. The fourth-order valence-electron chi connectivity index (χ4n) is 2.85. The molecule has 0 aliphatic carbocycles. The minimum atomic E-state index is -1.85. The Kier molecular flexibility index (Phi) is 6.87. The normalized spacial score (nSPS) is 10.2. The monoisotopic (exact) mass is 416 g/mol. The third-order valence-corrected chi connectivity index (χ3v) is 4.37. The fourth-order valence-corrected chi connectivity index (χ4v) is 2.85. The van der Waals surface area contributed by atoms with Gasteiger partial charge in [-0.05, 0) is 57.2 Å².